The first-order valence-corrected chi connectivity index (χ1v) is 5.63. The Kier molecular flexibility index (Phi) is 3.79. The van der Waals surface area contributed by atoms with Crippen molar-refractivity contribution in [1.82, 2.24) is 0 Å². The highest BCUT2D eigenvalue weighted by Crippen LogP contribution is 2.59. The molecule has 0 spiro atoms. The van der Waals surface area contributed by atoms with Gasteiger partial charge in [0.15, 0.2) is 5.94 Å². The second-order valence-corrected chi connectivity index (χ2v) is 5.16. The topological polar surface area (TPSA) is 63.6 Å². The summed E-state index contributed by atoms with van der Waals surface area (Å²) in [4.78, 5) is 21.5. The quantitative estimate of drug-likeness (QED) is 0.452. The van der Waals surface area contributed by atoms with Crippen LogP contribution in [0.25, 0.3) is 0 Å². The Morgan fingerprint density at radius 3 is 2.41 bits per heavy atom. The monoisotopic (exact) mass is 238 g/mol. The second kappa shape index (κ2) is 4.76. The first-order chi connectivity index (χ1) is 7.80. The van der Waals surface area contributed by atoms with Crippen molar-refractivity contribution in [3.8, 4) is 0 Å². The molecule has 0 saturated heterocycles. The molecule has 1 aliphatic rings. The van der Waals surface area contributed by atoms with Crippen molar-refractivity contribution in [2.24, 2.45) is 17.3 Å². The lowest BCUT2D eigenvalue weighted by atomic mass is 10.1. The Hall–Kier alpha value is -1.54. The van der Waals surface area contributed by atoms with Gasteiger partial charge in [0.2, 0.25) is 5.76 Å². The minimum atomic E-state index is -0.800. The van der Waals surface area contributed by atoms with Gasteiger partial charge in [-0.05, 0) is 31.3 Å². The van der Waals surface area contributed by atoms with Crippen LogP contribution in [0.4, 0.5) is 0 Å². The molecule has 0 radical (unpaired) electrons. The van der Waals surface area contributed by atoms with E-state index in [2.05, 4.69) is 0 Å². The number of rotatable bonds is 5. The fraction of sp³-hybridized carbons (Fsp3) is 0.615. The van der Waals surface area contributed by atoms with Gasteiger partial charge in [-0.3, -0.25) is 4.79 Å². The second-order valence-electron chi connectivity index (χ2n) is 5.16. The van der Waals surface area contributed by atoms with Crippen LogP contribution in [0.15, 0.2) is 17.9 Å². The van der Waals surface area contributed by atoms with Crippen LogP contribution < -0.4 is 0 Å². The summed E-state index contributed by atoms with van der Waals surface area (Å²) in [6, 6.07) is 0. The van der Waals surface area contributed by atoms with Crippen molar-refractivity contribution in [3.63, 3.8) is 0 Å². The van der Waals surface area contributed by atoms with E-state index in [0.717, 1.165) is 0 Å². The van der Waals surface area contributed by atoms with E-state index < -0.39 is 5.97 Å². The molecule has 0 aromatic heterocycles. The number of carboxylic acid groups (broad SMARTS) is 1. The Balaban J connectivity index is 2.67. The molecule has 2 unspecified atom stereocenters. The van der Waals surface area contributed by atoms with Crippen LogP contribution in [0.1, 0.15) is 27.7 Å². The van der Waals surface area contributed by atoms with Crippen molar-refractivity contribution in [3.05, 3.63) is 17.9 Å². The summed E-state index contributed by atoms with van der Waals surface area (Å²) in [5, 5.41) is 8.98. The molecule has 0 aromatic carbocycles. The zero-order chi connectivity index (χ0) is 13.2. The van der Waals surface area contributed by atoms with Crippen molar-refractivity contribution in [1.29, 1.82) is 0 Å². The predicted molar refractivity (Wildman–Crippen MR) is 63.0 cm³/mol. The summed E-state index contributed by atoms with van der Waals surface area (Å²) in [6.07, 6.45) is 3.14. The van der Waals surface area contributed by atoms with Gasteiger partial charge in [0.25, 0.3) is 0 Å². The number of carbonyl (C=O) groups is 1. The van der Waals surface area contributed by atoms with Gasteiger partial charge in [0.05, 0.1) is 12.0 Å². The number of ether oxygens (including phenoxy) is 1. The lowest BCUT2D eigenvalue weighted by Gasteiger charge is -2.06. The summed E-state index contributed by atoms with van der Waals surface area (Å²) in [6.45, 7) is 7.42. The van der Waals surface area contributed by atoms with E-state index in [1.54, 1.807) is 12.0 Å². The minimum Gasteiger partial charge on any atom is -0.481 e. The summed E-state index contributed by atoms with van der Waals surface area (Å²) in [7, 11) is 0. The molecular formula is C13H18O4. The summed E-state index contributed by atoms with van der Waals surface area (Å²) >= 11 is 0. The highest BCUT2D eigenvalue weighted by molar-refractivity contribution is 5.76. The molecule has 0 heterocycles. The number of carboxylic acids is 1. The van der Waals surface area contributed by atoms with Crippen LogP contribution in [0, 0.1) is 17.3 Å². The van der Waals surface area contributed by atoms with Gasteiger partial charge in [0, 0.05) is 0 Å². The zero-order valence-electron chi connectivity index (χ0n) is 10.6. The smallest absolute Gasteiger partial charge is 0.307 e. The molecule has 94 valence electrons. The third-order valence-corrected chi connectivity index (χ3v) is 3.09. The third kappa shape index (κ3) is 2.98. The van der Waals surface area contributed by atoms with Crippen molar-refractivity contribution in [2.45, 2.75) is 33.8 Å². The van der Waals surface area contributed by atoms with Gasteiger partial charge in [0.1, 0.15) is 0 Å². The van der Waals surface area contributed by atoms with Crippen LogP contribution in [-0.2, 0) is 14.3 Å². The Labute approximate surface area is 101 Å². The first kappa shape index (κ1) is 13.5. The number of hydrogen-bond donors (Lipinski definition) is 1. The Bertz CT molecular complexity index is 386. The van der Waals surface area contributed by atoms with Gasteiger partial charge in [-0.1, -0.05) is 19.9 Å². The van der Waals surface area contributed by atoms with E-state index in [4.69, 9.17) is 9.84 Å². The van der Waals surface area contributed by atoms with Crippen LogP contribution in [-0.4, -0.2) is 23.1 Å². The SMILES string of the molecule is CC(C)OC(=C=O)C=CC1C(C(=O)O)C1(C)C. The van der Waals surface area contributed by atoms with Crippen LogP contribution in [0.3, 0.4) is 0 Å². The number of hydrogen-bond acceptors (Lipinski definition) is 3. The molecule has 4 heteroatoms. The predicted octanol–water partition coefficient (Wildman–Crippen LogP) is 2.04. The van der Waals surface area contributed by atoms with Crippen molar-refractivity contribution >= 4 is 11.9 Å². The molecule has 1 rings (SSSR count). The molecule has 0 bridgehead atoms. The van der Waals surface area contributed by atoms with Gasteiger partial charge >= 0.3 is 5.97 Å². The summed E-state index contributed by atoms with van der Waals surface area (Å²) in [5.74, 6) is 0.576. The molecule has 1 saturated carbocycles. The Morgan fingerprint density at radius 2 is 2.06 bits per heavy atom. The number of aliphatic carboxylic acids is 1. The van der Waals surface area contributed by atoms with Gasteiger partial charge in [-0.15, -0.1) is 0 Å². The largest absolute Gasteiger partial charge is 0.481 e. The maximum absolute atomic E-state index is 10.9. The lowest BCUT2D eigenvalue weighted by Crippen LogP contribution is -2.03. The van der Waals surface area contributed by atoms with E-state index in [9.17, 15) is 9.59 Å². The maximum Gasteiger partial charge on any atom is 0.307 e. The van der Waals surface area contributed by atoms with Gasteiger partial charge in [-0.25, -0.2) is 4.79 Å². The molecule has 0 aliphatic heterocycles. The van der Waals surface area contributed by atoms with E-state index in [0.29, 0.717) is 0 Å². The fourth-order valence-corrected chi connectivity index (χ4v) is 2.05. The maximum atomic E-state index is 10.9. The Morgan fingerprint density at radius 1 is 1.47 bits per heavy atom. The van der Waals surface area contributed by atoms with Gasteiger partial charge in [-0.2, -0.15) is 0 Å². The van der Waals surface area contributed by atoms with E-state index in [1.807, 2.05) is 27.7 Å². The lowest BCUT2D eigenvalue weighted by molar-refractivity contribution is -0.139. The molecule has 2 atom stereocenters. The standard InChI is InChI=1S/C13H18O4/c1-8(2)17-9(7-14)5-6-10-11(12(15)16)13(10,3)4/h5-6,8,10-11H,1-4H3,(H,15,16). The summed E-state index contributed by atoms with van der Waals surface area (Å²) < 4.78 is 5.20. The average molecular weight is 238 g/mol. The third-order valence-electron chi connectivity index (χ3n) is 3.09. The van der Waals surface area contributed by atoms with E-state index in [1.165, 1.54) is 6.08 Å². The highest BCUT2D eigenvalue weighted by atomic mass is 16.5. The molecular weight excluding hydrogens is 220 g/mol. The number of carbonyl (C=O) groups excluding carboxylic acids is 1. The number of allylic oxidation sites excluding steroid dienone is 2. The average Bonchev–Trinajstić information content (AvgIpc) is 2.74. The molecule has 1 fully saturated rings. The van der Waals surface area contributed by atoms with Crippen LogP contribution in [0.2, 0.25) is 0 Å². The minimum absolute atomic E-state index is 0.0564. The fourth-order valence-electron chi connectivity index (χ4n) is 2.05. The first-order valence-electron chi connectivity index (χ1n) is 5.63. The van der Waals surface area contributed by atoms with Crippen LogP contribution >= 0.6 is 0 Å². The molecule has 1 N–H and O–H groups in total. The zero-order valence-corrected chi connectivity index (χ0v) is 10.6. The highest BCUT2D eigenvalue weighted by Gasteiger charge is 2.60. The molecule has 17 heavy (non-hydrogen) atoms. The molecule has 4 nitrogen and oxygen atoms in total. The summed E-state index contributed by atoms with van der Waals surface area (Å²) in [5.41, 5.74) is -0.256. The molecule has 1 aliphatic carbocycles. The normalized spacial score (nSPS) is 25.7. The van der Waals surface area contributed by atoms with Crippen LogP contribution in [0.5, 0.6) is 0 Å². The molecule has 0 amide bonds. The van der Waals surface area contributed by atoms with Crippen molar-refractivity contribution < 1.29 is 19.4 Å². The van der Waals surface area contributed by atoms with Crippen molar-refractivity contribution in [2.75, 3.05) is 0 Å². The van der Waals surface area contributed by atoms with E-state index in [-0.39, 0.29) is 29.1 Å². The van der Waals surface area contributed by atoms with E-state index >= 15 is 0 Å². The molecule has 0 aromatic rings. The van der Waals surface area contributed by atoms with Gasteiger partial charge < -0.3 is 9.84 Å².